The minimum Gasteiger partial charge on any atom is -0.611 e. The molecule has 1 saturated heterocycles. The summed E-state index contributed by atoms with van der Waals surface area (Å²) in [6.07, 6.45) is 15.1. The van der Waals surface area contributed by atoms with E-state index in [2.05, 4.69) is 59.4 Å². The third-order valence-corrected chi connectivity index (χ3v) is 10.00. The van der Waals surface area contributed by atoms with Gasteiger partial charge >= 0.3 is 0 Å². The van der Waals surface area contributed by atoms with E-state index in [4.69, 9.17) is 9.47 Å². The zero-order valence-corrected chi connectivity index (χ0v) is 29.8. The van der Waals surface area contributed by atoms with Crippen molar-refractivity contribution in [1.82, 2.24) is 9.55 Å². The van der Waals surface area contributed by atoms with Gasteiger partial charge in [0.1, 0.15) is 12.4 Å². The van der Waals surface area contributed by atoms with Gasteiger partial charge < -0.3 is 28.8 Å². The molecule has 0 saturated carbocycles. The summed E-state index contributed by atoms with van der Waals surface area (Å²) in [6.45, 7) is 9.02. The summed E-state index contributed by atoms with van der Waals surface area (Å²) in [4.78, 5) is 20.5. The number of unbranched alkanes of at least 4 members (excludes halogenated alkanes) is 1. The molecule has 1 atom stereocenters. The number of hydrogen-bond donors (Lipinski definition) is 1. The average molecular weight is 683 g/mol. The number of rotatable bonds is 17. The summed E-state index contributed by atoms with van der Waals surface area (Å²) in [7, 11) is 0. The molecule has 2 heterocycles. The molecule has 1 fully saturated rings. The van der Waals surface area contributed by atoms with Gasteiger partial charge in [-0.2, -0.15) is 0 Å². The van der Waals surface area contributed by atoms with Gasteiger partial charge in [-0.05, 0) is 108 Å². The maximum atomic E-state index is 13.1. The number of carbonyl (C=O) groups excluding carboxylic acids is 1. The van der Waals surface area contributed by atoms with Gasteiger partial charge in [-0.15, -0.1) is 0 Å². The monoisotopic (exact) mass is 682 g/mol. The summed E-state index contributed by atoms with van der Waals surface area (Å²) in [5.74, 6) is 1.00. The highest BCUT2D eigenvalue weighted by Gasteiger charge is 2.16. The van der Waals surface area contributed by atoms with E-state index in [-0.39, 0.29) is 5.91 Å². The van der Waals surface area contributed by atoms with E-state index in [1.54, 1.807) is 30.7 Å². The maximum absolute atomic E-state index is 13.1. The number of hydrogen-bond acceptors (Lipinski definition) is 6. The van der Waals surface area contributed by atoms with Crippen LogP contribution in [0.5, 0.6) is 5.75 Å². The lowest BCUT2D eigenvalue weighted by molar-refractivity contribution is -0.111. The quantitative estimate of drug-likeness (QED) is 0.0683. The van der Waals surface area contributed by atoms with Crippen LogP contribution in [0.15, 0.2) is 90.2 Å². The van der Waals surface area contributed by atoms with Crippen molar-refractivity contribution >= 4 is 34.5 Å². The highest BCUT2D eigenvalue weighted by atomic mass is 32.2. The van der Waals surface area contributed by atoms with E-state index in [1.807, 2.05) is 34.9 Å². The molecule has 0 spiro atoms. The second-order valence-corrected chi connectivity index (χ2v) is 13.9. The Bertz CT molecular complexity index is 1610. The molecule has 5 rings (SSSR count). The minimum atomic E-state index is -1.21. The Labute approximate surface area is 294 Å². The number of benzene rings is 3. The first-order valence-electron chi connectivity index (χ1n) is 17.7. The normalized spacial score (nSPS) is 14.1. The molecule has 1 aliphatic heterocycles. The topological polar surface area (TPSA) is 91.7 Å². The van der Waals surface area contributed by atoms with E-state index >= 15 is 0 Å². The molecule has 4 aromatic rings. The fourth-order valence-electron chi connectivity index (χ4n) is 5.95. The van der Waals surface area contributed by atoms with E-state index in [0.29, 0.717) is 29.5 Å². The molecule has 0 unspecified atom stereocenters. The van der Waals surface area contributed by atoms with Crippen molar-refractivity contribution in [2.75, 3.05) is 43.1 Å². The number of aromatic nitrogens is 2. The second kappa shape index (κ2) is 19.2. The molecule has 8 nitrogen and oxygen atoms in total. The van der Waals surface area contributed by atoms with Crippen molar-refractivity contribution in [3.63, 3.8) is 0 Å². The Morgan fingerprint density at radius 2 is 1.67 bits per heavy atom. The molecule has 9 heteroatoms. The molecule has 260 valence electrons. The van der Waals surface area contributed by atoms with Crippen LogP contribution in [0.4, 0.5) is 11.4 Å². The third-order valence-electron chi connectivity index (χ3n) is 8.64. The molecule has 49 heavy (non-hydrogen) atoms. The summed E-state index contributed by atoms with van der Waals surface area (Å²) >= 11 is -1.21. The number of nitrogens with zero attached hydrogens (tertiary/aromatic N) is 3. The Morgan fingerprint density at radius 3 is 2.41 bits per heavy atom. The van der Waals surface area contributed by atoms with Crippen LogP contribution in [-0.2, 0) is 33.0 Å². The molecular weight excluding hydrogens is 633 g/mol. The molecule has 0 radical (unpaired) electrons. The van der Waals surface area contributed by atoms with Crippen molar-refractivity contribution in [2.45, 2.75) is 76.0 Å². The van der Waals surface area contributed by atoms with Crippen molar-refractivity contribution in [2.24, 2.45) is 0 Å². The van der Waals surface area contributed by atoms with Crippen molar-refractivity contribution in [3.05, 3.63) is 96.6 Å². The van der Waals surface area contributed by atoms with Crippen LogP contribution >= 0.6 is 0 Å². The van der Waals surface area contributed by atoms with E-state index in [9.17, 15) is 9.35 Å². The lowest BCUT2D eigenvalue weighted by atomic mass is 10.0. The number of carbonyl (C=O) groups is 1. The van der Waals surface area contributed by atoms with E-state index < -0.39 is 11.2 Å². The van der Waals surface area contributed by atoms with Gasteiger partial charge in [0.15, 0.2) is 10.6 Å². The lowest BCUT2D eigenvalue weighted by Gasteiger charge is -2.25. The molecule has 1 N–H and O–H groups in total. The van der Waals surface area contributed by atoms with Gasteiger partial charge in [-0.25, -0.2) is 4.98 Å². The minimum absolute atomic E-state index is 0.218. The standard InChI is InChI=1S/C40H50N4O4S/c1-3-5-25-47-26-27-48-37-16-10-32(11-17-37)33-12-20-39(43-23-8-6-7-9-24-43)34(28-33)13-21-40(45)42-35-14-18-38(19-15-35)49(46)30-36-29-41-31-44(36)22-4-2/h10-21,28-29,31H,3-9,22-27,30H2,1-2H3,(H,42,45)/b21-13+/t49-/m0/s1. The fourth-order valence-corrected chi connectivity index (χ4v) is 7.06. The molecule has 1 aliphatic rings. The Kier molecular flexibility index (Phi) is 14.2. The Balaban J connectivity index is 1.24. The molecule has 1 aromatic heterocycles. The van der Waals surface area contributed by atoms with Crippen molar-refractivity contribution in [3.8, 4) is 16.9 Å². The zero-order chi connectivity index (χ0) is 34.3. The first-order valence-corrected chi connectivity index (χ1v) is 19.0. The number of imidazole rings is 1. The molecule has 0 aliphatic carbocycles. The van der Waals surface area contributed by atoms with Gasteiger partial charge in [-0.3, -0.25) is 4.79 Å². The van der Waals surface area contributed by atoms with Crippen LogP contribution in [0.3, 0.4) is 0 Å². The summed E-state index contributed by atoms with van der Waals surface area (Å²) in [6, 6.07) is 21.9. The van der Waals surface area contributed by atoms with Crippen LogP contribution in [0.25, 0.3) is 17.2 Å². The predicted octanol–water partition coefficient (Wildman–Crippen LogP) is 8.50. The molecule has 1 amide bonds. The molecule has 3 aromatic carbocycles. The maximum Gasteiger partial charge on any atom is 0.248 e. The van der Waals surface area contributed by atoms with Crippen LogP contribution in [0.2, 0.25) is 0 Å². The predicted molar refractivity (Wildman–Crippen MR) is 201 cm³/mol. The average Bonchev–Trinajstić information content (AvgIpc) is 3.37. The number of amides is 1. The summed E-state index contributed by atoms with van der Waals surface area (Å²) in [5.41, 5.74) is 5.92. The lowest BCUT2D eigenvalue weighted by Crippen LogP contribution is -2.24. The fraction of sp³-hybridized carbons (Fsp3) is 0.400. The van der Waals surface area contributed by atoms with Crippen LogP contribution < -0.4 is 15.0 Å². The zero-order valence-electron chi connectivity index (χ0n) is 28.9. The Morgan fingerprint density at radius 1 is 0.918 bits per heavy atom. The number of nitrogens with one attached hydrogen (secondary N) is 1. The molecule has 0 bridgehead atoms. The van der Waals surface area contributed by atoms with Gasteiger partial charge in [-0.1, -0.05) is 51.3 Å². The van der Waals surface area contributed by atoms with Gasteiger partial charge in [0.2, 0.25) is 5.91 Å². The largest absolute Gasteiger partial charge is 0.611 e. The number of ether oxygens (including phenoxy) is 2. The van der Waals surface area contributed by atoms with Gasteiger partial charge in [0.25, 0.3) is 0 Å². The summed E-state index contributed by atoms with van der Waals surface area (Å²) in [5, 5.41) is 2.97. The van der Waals surface area contributed by atoms with E-state index in [0.717, 1.165) is 79.3 Å². The van der Waals surface area contributed by atoms with Crippen molar-refractivity contribution < 1.29 is 18.8 Å². The summed E-state index contributed by atoms with van der Waals surface area (Å²) < 4.78 is 26.6. The highest BCUT2D eigenvalue weighted by molar-refractivity contribution is 7.90. The SMILES string of the molecule is CCCCOCCOc1ccc(-c2ccc(N3CCCCCC3)c(/C=C/C(=O)Nc3ccc([S@@+]([O-])Cc4cncn4CCC)cc3)c2)cc1. The highest BCUT2D eigenvalue weighted by Crippen LogP contribution is 2.31. The first kappa shape index (κ1) is 36.2. The smallest absolute Gasteiger partial charge is 0.248 e. The third kappa shape index (κ3) is 11.0. The van der Waals surface area contributed by atoms with Crippen LogP contribution in [0.1, 0.15) is 70.1 Å². The Hall–Kier alpha value is -4.05. The van der Waals surface area contributed by atoms with Crippen molar-refractivity contribution in [1.29, 1.82) is 0 Å². The first-order chi connectivity index (χ1) is 24.0. The van der Waals surface area contributed by atoms with Gasteiger partial charge in [0.05, 0.1) is 24.8 Å². The van der Waals surface area contributed by atoms with Crippen LogP contribution in [-0.4, -0.2) is 52.9 Å². The van der Waals surface area contributed by atoms with Gasteiger partial charge in [0, 0.05) is 43.7 Å². The number of anilines is 2. The molecular formula is C40H50N4O4S. The van der Waals surface area contributed by atoms with E-state index in [1.165, 1.54) is 25.7 Å². The second-order valence-electron chi connectivity index (χ2n) is 12.4. The number of aryl methyl sites for hydroxylation is 1. The van der Waals surface area contributed by atoms with Crippen LogP contribution in [0, 0.1) is 0 Å².